The lowest BCUT2D eigenvalue weighted by molar-refractivity contribution is 0.405. The Kier molecular flexibility index (Phi) is 6.06. The van der Waals surface area contributed by atoms with Gasteiger partial charge in [0.25, 0.3) is 0 Å². The average Bonchev–Trinajstić information content (AvgIpc) is 2.57. The number of nitrogens with zero attached hydrogens (tertiary/aromatic N) is 2. The van der Waals surface area contributed by atoms with Gasteiger partial charge in [-0.3, -0.25) is 0 Å². The highest BCUT2D eigenvalue weighted by Gasteiger charge is 2.11. The SMILES string of the molecule is COc1ccc(OC)c(Nc2ncnc(NCCC(C)C)c2N)c1. The van der Waals surface area contributed by atoms with E-state index < -0.39 is 0 Å². The van der Waals surface area contributed by atoms with Crippen molar-refractivity contribution in [2.45, 2.75) is 20.3 Å². The number of hydrogen-bond donors (Lipinski definition) is 3. The molecule has 0 aliphatic heterocycles. The standard InChI is InChI=1S/C17H25N5O2/c1-11(2)7-8-19-16-15(18)17(21-10-20-16)22-13-9-12(23-3)5-6-14(13)24-4/h5-6,9-11H,7-8,18H2,1-4H3,(H2,19,20,21,22). The Morgan fingerprint density at radius 3 is 2.54 bits per heavy atom. The molecule has 0 aliphatic rings. The Hall–Kier alpha value is -2.70. The number of nitrogens with one attached hydrogen (secondary N) is 2. The second kappa shape index (κ2) is 8.24. The topological polar surface area (TPSA) is 94.3 Å². The molecule has 7 heteroatoms. The fourth-order valence-corrected chi connectivity index (χ4v) is 2.15. The van der Waals surface area contributed by atoms with Crippen LogP contribution in [0.2, 0.25) is 0 Å². The third-order valence-corrected chi connectivity index (χ3v) is 3.56. The highest BCUT2D eigenvalue weighted by atomic mass is 16.5. The van der Waals surface area contributed by atoms with E-state index in [2.05, 4.69) is 34.4 Å². The summed E-state index contributed by atoms with van der Waals surface area (Å²) in [7, 11) is 3.22. The summed E-state index contributed by atoms with van der Waals surface area (Å²) >= 11 is 0. The van der Waals surface area contributed by atoms with Gasteiger partial charge >= 0.3 is 0 Å². The number of anilines is 4. The highest BCUT2D eigenvalue weighted by molar-refractivity contribution is 5.79. The van der Waals surface area contributed by atoms with Gasteiger partial charge in [-0.1, -0.05) is 13.8 Å². The van der Waals surface area contributed by atoms with Crippen molar-refractivity contribution in [1.29, 1.82) is 0 Å². The Labute approximate surface area is 142 Å². The third-order valence-electron chi connectivity index (χ3n) is 3.56. The predicted octanol–water partition coefficient (Wildman–Crippen LogP) is 3.28. The van der Waals surface area contributed by atoms with Crippen LogP contribution in [0.25, 0.3) is 0 Å². The fourth-order valence-electron chi connectivity index (χ4n) is 2.15. The first-order valence-corrected chi connectivity index (χ1v) is 7.88. The maximum Gasteiger partial charge on any atom is 0.159 e. The Morgan fingerprint density at radius 2 is 1.88 bits per heavy atom. The van der Waals surface area contributed by atoms with Crippen LogP contribution in [-0.2, 0) is 0 Å². The number of hydrogen-bond acceptors (Lipinski definition) is 7. The van der Waals surface area contributed by atoms with Gasteiger partial charge in [0.15, 0.2) is 11.6 Å². The molecule has 2 aromatic rings. The van der Waals surface area contributed by atoms with Crippen LogP contribution in [0.4, 0.5) is 23.0 Å². The third kappa shape index (κ3) is 4.41. The highest BCUT2D eigenvalue weighted by Crippen LogP contribution is 2.33. The molecule has 4 N–H and O–H groups in total. The second-order valence-electron chi connectivity index (χ2n) is 5.79. The van der Waals surface area contributed by atoms with Crippen molar-refractivity contribution in [2.75, 3.05) is 37.1 Å². The molecular weight excluding hydrogens is 306 g/mol. The van der Waals surface area contributed by atoms with E-state index in [-0.39, 0.29) is 0 Å². The van der Waals surface area contributed by atoms with Crippen molar-refractivity contribution in [1.82, 2.24) is 9.97 Å². The number of aromatic nitrogens is 2. The van der Waals surface area contributed by atoms with Gasteiger partial charge in [-0.25, -0.2) is 9.97 Å². The van der Waals surface area contributed by atoms with Gasteiger partial charge in [0.05, 0.1) is 19.9 Å². The molecule has 0 bridgehead atoms. The van der Waals surface area contributed by atoms with Crippen LogP contribution in [0.15, 0.2) is 24.5 Å². The minimum Gasteiger partial charge on any atom is -0.497 e. The quantitative estimate of drug-likeness (QED) is 0.683. The van der Waals surface area contributed by atoms with Crippen LogP contribution < -0.4 is 25.8 Å². The zero-order valence-electron chi connectivity index (χ0n) is 14.6. The lowest BCUT2D eigenvalue weighted by Crippen LogP contribution is -2.10. The van der Waals surface area contributed by atoms with Gasteiger partial charge in [-0.2, -0.15) is 0 Å². The molecule has 0 saturated carbocycles. The number of benzene rings is 1. The molecule has 0 aliphatic carbocycles. The van der Waals surface area contributed by atoms with Crippen LogP contribution in [0.5, 0.6) is 11.5 Å². The van der Waals surface area contributed by atoms with E-state index in [1.165, 1.54) is 6.33 Å². The number of ether oxygens (including phenoxy) is 2. The molecule has 24 heavy (non-hydrogen) atoms. The van der Waals surface area contributed by atoms with E-state index in [1.54, 1.807) is 14.2 Å². The molecule has 0 atom stereocenters. The lowest BCUT2D eigenvalue weighted by Gasteiger charge is -2.15. The maximum absolute atomic E-state index is 6.19. The van der Waals surface area contributed by atoms with Crippen molar-refractivity contribution in [3.05, 3.63) is 24.5 Å². The van der Waals surface area contributed by atoms with E-state index in [1.807, 2.05) is 18.2 Å². The van der Waals surface area contributed by atoms with Crippen molar-refractivity contribution >= 4 is 23.0 Å². The first-order chi connectivity index (χ1) is 11.5. The molecule has 1 aromatic heterocycles. The van der Waals surface area contributed by atoms with Gasteiger partial charge < -0.3 is 25.8 Å². The normalized spacial score (nSPS) is 10.5. The molecule has 0 spiro atoms. The summed E-state index contributed by atoms with van der Waals surface area (Å²) in [5, 5.41) is 6.43. The number of nitrogens with two attached hydrogens (primary N) is 1. The average molecular weight is 331 g/mol. The summed E-state index contributed by atoms with van der Waals surface area (Å²) in [5.74, 6) is 3.13. The van der Waals surface area contributed by atoms with Gasteiger partial charge in [0.1, 0.15) is 23.5 Å². The first-order valence-electron chi connectivity index (χ1n) is 7.88. The maximum atomic E-state index is 6.19. The molecule has 2 rings (SSSR count). The van der Waals surface area contributed by atoms with Crippen molar-refractivity contribution in [2.24, 2.45) is 5.92 Å². The van der Waals surface area contributed by atoms with Crippen molar-refractivity contribution in [3.63, 3.8) is 0 Å². The Bertz CT molecular complexity index is 676. The Morgan fingerprint density at radius 1 is 1.12 bits per heavy atom. The summed E-state index contributed by atoms with van der Waals surface area (Å²) < 4.78 is 10.6. The second-order valence-corrected chi connectivity index (χ2v) is 5.79. The van der Waals surface area contributed by atoms with E-state index in [4.69, 9.17) is 15.2 Å². The largest absolute Gasteiger partial charge is 0.497 e. The van der Waals surface area contributed by atoms with Crippen LogP contribution in [0.1, 0.15) is 20.3 Å². The molecule has 0 unspecified atom stereocenters. The molecule has 1 aromatic carbocycles. The monoisotopic (exact) mass is 331 g/mol. The minimum absolute atomic E-state index is 0.464. The number of nitrogen functional groups attached to an aromatic ring is 1. The fraction of sp³-hybridized carbons (Fsp3) is 0.412. The van der Waals surface area contributed by atoms with Gasteiger partial charge in [0.2, 0.25) is 0 Å². The molecule has 7 nitrogen and oxygen atoms in total. The number of rotatable bonds is 8. The van der Waals surface area contributed by atoms with Gasteiger partial charge in [-0.15, -0.1) is 0 Å². The van der Waals surface area contributed by atoms with Gasteiger partial charge in [0, 0.05) is 12.6 Å². The van der Waals surface area contributed by atoms with E-state index in [9.17, 15) is 0 Å². The summed E-state index contributed by atoms with van der Waals surface area (Å²) in [6.07, 6.45) is 2.51. The summed E-state index contributed by atoms with van der Waals surface area (Å²) in [6, 6.07) is 5.47. The molecule has 130 valence electrons. The van der Waals surface area contributed by atoms with Crippen LogP contribution in [0, 0.1) is 5.92 Å². The zero-order chi connectivity index (χ0) is 17.5. The predicted molar refractivity (Wildman–Crippen MR) is 97.2 cm³/mol. The first kappa shape index (κ1) is 17.7. The molecule has 0 saturated heterocycles. The summed E-state index contributed by atoms with van der Waals surface area (Å²) in [6.45, 7) is 5.15. The summed E-state index contributed by atoms with van der Waals surface area (Å²) in [5.41, 5.74) is 7.37. The van der Waals surface area contributed by atoms with Crippen LogP contribution in [0.3, 0.4) is 0 Å². The zero-order valence-corrected chi connectivity index (χ0v) is 14.6. The molecule has 0 radical (unpaired) electrons. The Balaban J connectivity index is 2.21. The van der Waals surface area contributed by atoms with E-state index >= 15 is 0 Å². The van der Waals surface area contributed by atoms with E-state index in [0.717, 1.165) is 18.7 Å². The number of methoxy groups -OCH3 is 2. The van der Waals surface area contributed by atoms with E-state index in [0.29, 0.717) is 34.7 Å². The van der Waals surface area contributed by atoms with Crippen molar-refractivity contribution < 1.29 is 9.47 Å². The van der Waals surface area contributed by atoms with Crippen LogP contribution >= 0.6 is 0 Å². The minimum atomic E-state index is 0.464. The molecular formula is C17H25N5O2. The van der Waals surface area contributed by atoms with Crippen LogP contribution in [-0.4, -0.2) is 30.7 Å². The lowest BCUT2D eigenvalue weighted by atomic mass is 10.1. The van der Waals surface area contributed by atoms with Crippen molar-refractivity contribution in [3.8, 4) is 11.5 Å². The molecule has 1 heterocycles. The van der Waals surface area contributed by atoms with Gasteiger partial charge in [-0.05, 0) is 24.5 Å². The smallest absolute Gasteiger partial charge is 0.159 e. The summed E-state index contributed by atoms with van der Waals surface area (Å²) in [4.78, 5) is 8.44. The molecule has 0 fully saturated rings. The molecule has 0 amide bonds.